The van der Waals surface area contributed by atoms with Crippen molar-refractivity contribution in [1.82, 2.24) is 25.3 Å². The van der Waals surface area contributed by atoms with E-state index in [1.807, 2.05) is 37.4 Å². The summed E-state index contributed by atoms with van der Waals surface area (Å²) in [6.07, 6.45) is 3.40. The Balaban J connectivity index is 1.60. The molecule has 2 aliphatic rings. The van der Waals surface area contributed by atoms with Crippen molar-refractivity contribution in [2.24, 2.45) is 7.05 Å². The third-order valence-electron chi connectivity index (χ3n) is 5.11. The van der Waals surface area contributed by atoms with E-state index in [9.17, 15) is 9.59 Å². The number of carbonyl (C=O) groups is 2. The Kier molecular flexibility index (Phi) is 4.51. The van der Waals surface area contributed by atoms with E-state index in [4.69, 9.17) is 0 Å². The summed E-state index contributed by atoms with van der Waals surface area (Å²) in [7, 11) is 1.91. The standard InChI is InChI=1S/C17H27N5O2/c1-5-14(16-10(2)20-21(4)11(16)3)19-17(24)18-12-8-15(23)22(9-12)13-6-7-13/h12-14H,5-9H2,1-4H3,(H2,18,19,24)/t12-,14-/m1/s1. The zero-order valence-corrected chi connectivity index (χ0v) is 14.9. The van der Waals surface area contributed by atoms with Gasteiger partial charge in [-0.15, -0.1) is 0 Å². The number of hydrogen-bond acceptors (Lipinski definition) is 3. The SMILES string of the molecule is CC[C@@H](NC(=O)N[C@@H]1CC(=O)N(C2CC2)C1)c1c(C)nn(C)c1C. The molecule has 1 aliphatic heterocycles. The zero-order chi connectivity index (χ0) is 17.4. The molecule has 7 nitrogen and oxygen atoms in total. The van der Waals surface area contributed by atoms with Crippen LogP contribution in [0.3, 0.4) is 0 Å². The lowest BCUT2D eigenvalue weighted by Crippen LogP contribution is -2.44. The van der Waals surface area contributed by atoms with E-state index < -0.39 is 0 Å². The molecule has 3 amide bonds. The molecule has 0 aromatic carbocycles. The molecule has 0 bridgehead atoms. The third-order valence-corrected chi connectivity index (χ3v) is 5.11. The summed E-state index contributed by atoms with van der Waals surface area (Å²) < 4.78 is 1.84. The predicted molar refractivity (Wildman–Crippen MR) is 90.5 cm³/mol. The number of carbonyl (C=O) groups excluding carboxylic acids is 2. The number of hydrogen-bond donors (Lipinski definition) is 2. The predicted octanol–water partition coefficient (Wildman–Crippen LogP) is 1.55. The number of nitrogens with one attached hydrogen (secondary N) is 2. The molecule has 1 saturated carbocycles. The Hall–Kier alpha value is -2.05. The Labute approximate surface area is 142 Å². The van der Waals surface area contributed by atoms with Crippen LogP contribution in [0.15, 0.2) is 0 Å². The van der Waals surface area contributed by atoms with Crippen molar-refractivity contribution in [2.45, 2.75) is 64.6 Å². The molecule has 0 unspecified atom stereocenters. The molecule has 0 radical (unpaired) electrons. The van der Waals surface area contributed by atoms with Gasteiger partial charge in [-0.2, -0.15) is 5.10 Å². The molecule has 2 N–H and O–H groups in total. The zero-order valence-electron chi connectivity index (χ0n) is 14.9. The second kappa shape index (κ2) is 6.45. The summed E-state index contributed by atoms with van der Waals surface area (Å²) in [5, 5.41) is 10.4. The first-order valence-corrected chi connectivity index (χ1v) is 8.77. The summed E-state index contributed by atoms with van der Waals surface area (Å²) in [6.45, 7) is 6.66. The highest BCUT2D eigenvalue weighted by Gasteiger charge is 2.39. The first kappa shape index (κ1) is 16.8. The molecule has 2 atom stereocenters. The van der Waals surface area contributed by atoms with E-state index in [1.54, 1.807) is 0 Å². The van der Waals surface area contributed by atoms with Crippen LogP contribution in [0.25, 0.3) is 0 Å². The number of nitrogens with zero attached hydrogens (tertiary/aromatic N) is 3. The van der Waals surface area contributed by atoms with E-state index >= 15 is 0 Å². The maximum Gasteiger partial charge on any atom is 0.315 e. The molecular weight excluding hydrogens is 306 g/mol. The molecule has 1 aliphatic carbocycles. The smallest absolute Gasteiger partial charge is 0.315 e. The van der Waals surface area contributed by atoms with Gasteiger partial charge in [-0.1, -0.05) is 6.92 Å². The quantitative estimate of drug-likeness (QED) is 0.858. The fourth-order valence-electron chi connectivity index (χ4n) is 3.63. The van der Waals surface area contributed by atoms with Crippen LogP contribution in [0.1, 0.15) is 55.6 Å². The van der Waals surface area contributed by atoms with Crippen LogP contribution >= 0.6 is 0 Å². The van der Waals surface area contributed by atoms with Gasteiger partial charge in [0.1, 0.15) is 0 Å². The van der Waals surface area contributed by atoms with Crippen molar-refractivity contribution >= 4 is 11.9 Å². The molecule has 3 rings (SSSR count). The van der Waals surface area contributed by atoms with Crippen molar-refractivity contribution in [3.05, 3.63) is 17.0 Å². The summed E-state index contributed by atoms with van der Waals surface area (Å²) in [5.41, 5.74) is 3.09. The summed E-state index contributed by atoms with van der Waals surface area (Å²) in [5.74, 6) is 0.161. The highest BCUT2D eigenvalue weighted by Crippen LogP contribution is 2.30. The van der Waals surface area contributed by atoms with Gasteiger partial charge in [0.25, 0.3) is 0 Å². The average Bonchev–Trinajstić information content (AvgIpc) is 3.25. The minimum absolute atomic E-state index is 0.0738. The fraction of sp³-hybridized carbons (Fsp3) is 0.706. The van der Waals surface area contributed by atoms with Crippen molar-refractivity contribution < 1.29 is 9.59 Å². The third kappa shape index (κ3) is 3.25. The number of likely N-dealkylation sites (tertiary alicyclic amines) is 1. The van der Waals surface area contributed by atoms with Gasteiger partial charge in [-0.25, -0.2) is 4.79 Å². The second-order valence-electron chi connectivity index (χ2n) is 6.97. The van der Waals surface area contributed by atoms with Crippen LogP contribution in [0.2, 0.25) is 0 Å². The second-order valence-corrected chi connectivity index (χ2v) is 6.97. The van der Waals surface area contributed by atoms with Gasteiger partial charge in [0.15, 0.2) is 0 Å². The van der Waals surface area contributed by atoms with Gasteiger partial charge in [-0.05, 0) is 33.1 Å². The van der Waals surface area contributed by atoms with Gasteiger partial charge in [0.05, 0.1) is 17.8 Å². The number of rotatable bonds is 5. The monoisotopic (exact) mass is 333 g/mol. The first-order chi connectivity index (χ1) is 11.4. The van der Waals surface area contributed by atoms with E-state index in [1.165, 1.54) is 0 Å². The number of urea groups is 1. The van der Waals surface area contributed by atoms with Crippen molar-refractivity contribution in [2.75, 3.05) is 6.54 Å². The van der Waals surface area contributed by atoms with Crippen LogP contribution < -0.4 is 10.6 Å². The highest BCUT2D eigenvalue weighted by molar-refractivity contribution is 5.82. The van der Waals surface area contributed by atoms with E-state index in [0.29, 0.717) is 19.0 Å². The Bertz CT molecular complexity index is 650. The van der Waals surface area contributed by atoms with Crippen LogP contribution in [0.4, 0.5) is 4.79 Å². The molecule has 2 fully saturated rings. The summed E-state index contributed by atoms with van der Waals surface area (Å²) in [6, 6.07) is 0.0402. The maximum absolute atomic E-state index is 12.4. The Morgan fingerprint density at radius 2 is 2.08 bits per heavy atom. The number of aromatic nitrogens is 2. The Morgan fingerprint density at radius 1 is 1.38 bits per heavy atom. The molecular formula is C17H27N5O2. The number of aryl methyl sites for hydroxylation is 2. The van der Waals surface area contributed by atoms with Crippen LogP contribution in [0, 0.1) is 13.8 Å². The minimum atomic E-state index is -0.208. The van der Waals surface area contributed by atoms with E-state index in [-0.39, 0.29) is 24.0 Å². The lowest BCUT2D eigenvalue weighted by atomic mass is 10.0. The van der Waals surface area contributed by atoms with Gasteiger partial charge in [0, 0.05) is 37.3 Å². The topological polar surface area (TPSA) is 79.3 Å². The van der Waals surface area contributed by atoms with E-state index in [2.05, 4.69) is 15.7 Å². The van der Waals surface area contributed by atoms with Crippen molar-refractivity contribution in [1.29, 1.82) is 0 Å². The minimum Gasteiger partial charge on any atom is -0.338 e. The van der Waals surface area contributed by atoms with Gasteiger partial charge in [0.2, 0.25) is 5.91 Å². The highest BCUT2D eigenvalue weighted by atomic mass is 16.2. The molecule has 1 saturated heterocycles. The average molecular weight is 333 g/mol. The molecule has 24 heavy (non-hydrogen) atoms. The van der Waals surface area contributed by atoms with Crippen LogP contribution in [-0.2, 0) is 11.8 Å². The van der Waals surface area contributed by atoms with Crippen molar-refractivity contribution in [3.63, 3.8) is 0 Å². The van der Waals surface area contributed by atoms with E-state index in [0.717, 1.165) is 36.2 Å². The van der Waals surface area contributed by atoms with Crippen LogP contribution in [0.5, 0.6) is 0 Å². The van der Waals surface area contributed by atoms with Gasteiger partial charge in [-0.3, -0.25) is 9.48 Å². The molecule has 1 aromatic heterocycles. The first-order valence-electron chi connectivity index (χ1n) is 8.77. The lowest BCUT2D eigenvalue weighted by molar-refractivity contribution is -0.128. The molecule has 1 aromatic rings. The van der Waals surface area contributed by atoms with Crippen LogP contribution in [-0.4, -0.2) is 45.2 Å². The largest absolute Gasteiger partial charge is 0.338 e. The van der Waals surface area contributed by atoms with Crippen molar-refractivity contribution in [3.8, 4) is 0 Å². The normalized spacial score (nSPS) is 21.9. The molecule has 0 spiro atoms. The maximum atomic E-state index is 12.4. The Morgan fingerprint density at radius 3 is 2.62 bits per heavy atom. The van der Waals surface area contributed by atoms with Gasteiger partial charge >= 0.3 is 6.03 Å². The molecule has 7 heteroatoms. The fourth-order valence-corrected chi connectivity index (χ4v) is 3.63. The van der Waals surface area contributed by atoms with Gasteiger partial charge < -0.3 is 15.5 Å². The summed E-state index contributed by atoms with van der Waals surface area (Å²) in [4.78, 5) is 26.3. The molecule has 2 heterocycles. The summed E-state index contributed by atoms with van der Waals surface area (Å²) >= 11 is 0. The number of amides is 3. The molecule has 132 valence electrons. The lowest BCUT2D eigenvalue weighted by Gasteiger charge is -2.21.